The van der Waals surface area contributed by atoms with Crippen molar-refractivity contribution in [3.63, 3.8) is 0 Å². The van der Waals surface area contributed by atoms with Crippen molar-refractivity contribution in [2.45, 2.75) is 55.3 Å². The molecule has 1 aliphatic heterocycles. The second-order valence-electron chi connectivity index (χ2n) is 6.52. The van der Waals surface area contributed by atoms with Crippen LogP contribution in [0.15, 0.2) is 9.85 Å². The van der Waals surface area contributed by atoms with E-state index >= 15 is 0 Å². The van der Waals surface area contributed by atoms with Crippen molar-refractivity contribution < 1.29 is 9.59 Å². The van der Waals surface area contributed by atoms with Gasteiger partial charge in [-0.15, -0.1) is 10.2 Å². The number of hydrogen-bond acceptors (Lipinski definition) is 6. The van der Waals surface area contributed by atoms with E-state index in [4.69, 9.17) is 0 Å². The predicted molar refractivity (Wildman–Crippen MR) is 95.0 cm³/mol. The number of aromatic nitrogens is 2. The summed E-state index contributed by atoms with van der Waals surface area (Å²) in [5.41, 5.74) is 1.67. The number of likely N-dealkylation sites (tertiary alicyclic amines) is 1. The molecular formula is C16H24N4O2S2. The number of nitrogens with one attached hydrogen (secondary N) is 1. The van der Waals surface area contributed by atoms with Crippen LogP contribution in [0.4, 0.5) is 0 Å². The summed E-state index contributed by atoms with van der Waals surface area (Å²) in [5, 5.41) is 10.9. The van der Waals surface area contributed by atoms with Crippen LogP contribution < -0.4 is 5.32 Å². The fourth-order valence-corrected chi connectivity index (χ4v) is 4.82. The summed E-state index contributed by atoms with van der Waals surface area (Å²) in [7, 11) is 0. The lowest BCUT2D eigenvalue weighted by atomic mass is 9.93. The Labute approximate surface area is 150 Å². The van der Waals surface area contributed by atoms with Crippen LogP contribution in [0.3, 0.4) is 0 Å². The van der Waals surface area contributed by atoms with Crippen LogP contribution in [0.25, 0.3) is 0 Å². The first kappa shape index (κ1) is 17.7. The molecule has 1 unspecified atom stereocenters. The Morgan fingerprint density at radius 1 is 1.25 bits per heavy atom. The van der Waals surface area contributed by atoms with Crippen LogP contribution in [-0.2, 0) is 9.59 Å². The lowest BCUT2D eigenvalue weighted by Gasteiger charge is -2.33. The Morgan fingerprint density at radius 2 is 2.08 bits per heavy atom. The van der Waals surface area contributed by atoms with E-state index in [9.17, 15) is 9.59 Å². The van der Waals surface area contributed by atoms with E-state index in [1.165, 1.54) is 42.4 Å². The maximum Gasteiger partial charge on any atom is 0.233 e. The van der Waals surface area contributed by atoms with Gasteiger partial charge in [-0.2, -0.15) is 0 Å². The van der Waals surface area contributed by atoms with E-state index < -0.39 is 0 Å². The van der Waals surface area contributed by atoms with Gasteiger partial charge in [0.25, 0.3) is 0 Å². The lowest BCUT2D eigenvalue weighted by Crippen LogP contribution is -2.48. The van der Waals surface area contributed by atoms with Crippen molar-refractivity contribution in [1.82, 2.24) is 20.4 Å². The molecule has 2 aliphatic rings. The monoisotopic (exact) mass is 368 g/mol. The van der Waals surface area contributed by atoms with Gasteiger partial charge in [0.1, 0.15) is 5.51 Å². The number of carbonyl (C=O) groups excluding carboxylic acids is 2. The molecule has 0 spiro atoms. The molecule has 0 bridgehead atoms. The molecule has 1 saturated carbocycles. The summed E-state index contributed by atoms with van der Waals surface area (Å²) in [6, 6.07) is 0.338. The van der Waals surface area contributed by atoms with Crippen LogP contribution >= 0.6 is 23.1 Å². The van der Waals surface area contributed by atoms with Gasteiger partial charge in [0, 0.05) is 19.1 Å². The van der Waals surface area contributed by atoms with Gasteiger partial charge in [-0.05, 0) is 25.7 Å². The van der Waals surface area contributed by atoms with Crippen molar-refractivity contribution in [1.29, 1.82) is 0 Å². The molecule has 2 heterocycles. The highest BCUT2D eigenvalue weighted by Gasteiger charge is 2.29. The normalized spacial score (nSPS) is 22.3. The van der Waals surface area contributed by atoms with Crippen molar-refractivity contribution >= 4 is 34.9 Å². The molecule has 1 aliphatic carbocycles. The quantitative estimate of drug-likeness (QED) is 0.807. The molecule has 0 aromatic carbocycles. The Balaban J connectivity index is 1.46. The van der Waals surface area contributed by atoms with Crippen LogP contribution in [0.5, 0.6) is 0 Å². The zero-order valence-electron chi connectivity index (χ0n) is 13.8. The lowest BCUT2D eigenvalue weighted by molar-refractivity contribution is -0.134. The Bertz CT molecular complexity index is 546. The SMILES string of the molecule is O=C(NC1CCCCC1)C1CCCN(C(=O)CSc2nncs2)C1. The van der Waals surface area contributed by atoms with Crippen LogP contribution in [0, 0.1) is 5.92 Å². The molecule has 132 valence electrons. The predicted octanol–water partition coefficient (Wildman–Crippen LogP) is 2.32. The Hall–Kier alpha value is -1.15. The first-order valence-electron chi connectivity index (χ1n) is 8.69. The van der Waals surface area contributed by atoms with Gasteiger partial charge in [0.05, 0.1) is 11.7 Å². The average molecular weight is 369 g/mol. The summed E-state index contributed by atoms with van der Waals surface area (Å²) in [5.74, 6) is 0.532. The molecule has 6 nitrogen and oxygen atoms in total. The number of amides is 2. The zero-order valence-corrected chi connectivity index (χ0v) is 15.4. The van der Waals surface area contributed by atoms with Gasteiger partial charge in [-0.3, -0.25) is 9.59 Å². The first-order valence-corrected chi connectivity index (χ1v) is 10.6. The number of hydrogen-bond donors (Lipinski definition) is 1. The van der Waals surface area contributed by atoms with Crippen LogP contribution in [0.2, 0.25) is 0 Å². The van der Waals surface area contributed by atoms with E-state index in [2.05, 4.69) is 15.5 Å². The topological polar surface area (TPSA) is 75.2 Å². The summed E-state index contributed by atoms with van der Waals surface area (Å²) in [6.07, 6.45) is 7.68. The molecule has 2 fully saturated rings. The van der Waals surface area contributed by atoms with Gasteiger partial charge < -0.3 is 10.2 Å². The fraction of sp³-hybridized carbons (Fsp3) is 0.750. The van der Waals surface area contributed by atoms with Gasteiger partial charge in [-0.1, -0.05) is 42.4 Å². The van der Waals surface area contributed by atoms with Crippen LogP contribution in [-0.4, -0.2) is 51.8 Å². The van der Waals surface area contributed by atoms with E-state index in [0.717, 1.165) is 36.6 Å². The van der Waals surface area contributed by atoms with E-state index in [1.807, 2.05) is 4.90 Å². The molecule has 1 atom stereocenters. The molecule has 2 amide bonds. The maximum atomic E-state index is 12.5. The van der Waals surface area contributed by atoms with Crippen molar-refractivity contribution in [2.75, 3.05) is 18.8 Å². The van der Waals surface area contributed by atoms with Crippen LogP contribution in [0.1, 0.15) is 44.9 Å². The smallest absolute Gasteiger partial charge is 0.233 e. The van der Waals surface area contributed by atoms with Gasteiger partial charge in [-0.25, -0.2) is 0 Å². The van der Waals surface area contributed by atoms with Crippen molar-refractivity contribution in [3.05, 3.63) is 5.51 Å². The summed E-state index contributed by atoms with van der Waals surface area (Å²) < 4.78 is 0.812. The molecule has 0 radical (unpaired) electrons. The van der Waals surface area contributed by atoms with Crippen molar-refractivity contribution in [2.24, 2.45) is 5.92 Å². The van der Waals surface area contributed by atoms with E-state index in [1.54, 1.807) is 5.51 Å². The molecule has 1 aromatic heterocycles. The van der Waals surface area contributed by atoms with Gasteiger partial charge >= 0.3 is 0 Å². The summed E-state index contributed by atoms with van der Waals surface area (Å²) in [4.78, 5) is 26.7. The Kier molecular flexibility index (Phi) is 6.48. The molecule has 3 rings (SSSR count). The third-order valence-corrected chi connectivity index (χ3v) is 6.60. The third kappa shape index (κ3) is 4.92. The number of nitrogens with zero attached hydrogens (tertiary/aromatic N) is 3. The van der Waals surface area contributed by atoms with E-state index in [0.29, 0.717) is 18.3 Å². The van der Waals surface area contributed by atoms with E-state index in [-0.39, 0.29) is 17.7 Å². The maximum absolute atomic E-state index is 12.5. The van der Waals surface area contributed by atoms with Gasteiger partial charge in [0.2, 0.25) is 11.8 Å². The van der Waals surface area contributed by atoms with Gasteiger partial charge in [0.15, 0.2) is 4.34 Å². The minimum atomic E-state index is -0.0591. The minimum absolute atomic E-state index is 0.0591. The summed E-state index contributed by atoms with van der Waals surface area (Å²) >= 11 is 2.86. The summed E-state index contributed by atoms with van der Waals surface area (Å²) in [6.45, 7) is 1.30. The highest BCUT2D eigenvalue weighted by atomic mass is 32.2. The second kappa shape index (κ2) is 8.80. The number of thioether (sulfide) groups is 1. The molecule has 1 saturated heterocycles. The fourth-order valence-electron chi connectivity index (χ4n) is 3.42. The number of piperidine rings is 1. The third-order valence-electron chi connectivity index (χ3n) is 4.76. The zero-order chi connectivity index (χ0) is 16.8. The largest absolute Gasteiger partial charge is 0.353 e. The number of rotatable bonds is 5. The molecule has 24 heavy (non-hydrogen) atoms. The molecule has 1 aromatic rings. The second-order valence-corrected chi connectivity index (χ2v) is 8.57. The Morgan fingerprint density at radius 3 is 2.83 bits per heavy atom. The molecule has 8 heteroatoms. The highest BCUT2D eigenvalue weighted by molar-refractivity contribution is 8.01. The van der Waals surface area contributed by atoms with Crippen molar-refractivity contribution in [3.8, 4) is 0 Å². The highest BCUT2D eigenvalue weighted by Crippen LogP contribution is 2.23. The average Bonchev–Trinajstić information content (AvgIpc) is 3.14. The molecular weight excluding hydrogens is 344 g/mol. The molecule has 1 N–H and O–H groups in total. The first-order chi connectivity index (χ1) is 11.7. The number of carbonyl (C=O) groups is 2. The standard InChI is InChI=1S/C16H24N4O2S2/c21-14(10-23-16-19-17-11-24-16)20-8-4-5-12(9-20)15(22)18-13-6-2-1-3-7-13/h11-13H,1-10H2,(H,18,22). The minimum Gasteiger partial charge on any atom is -0.353 e.